The van der Waals surface area contributed by atoms with Gasteiger partial charge in [-0.1, -0.05) is 18.5 Å². The van der Waals surface area contributed by atoms with Gasteiger partial charge >= 0.3 is 0 Å². The van der Waals surface area contributed by atoms with Gasteiger partial charge in [0.2, 0.25) is 0 Å². The number of hydrogen-bond donors (Lipinski definition) is 1. The molecular formula is C23H23ClFN3O. The maximum atomic E-state index is 13.4. The zero-order chi connectivity index (χ0) is 20.1. The molecule has 3 unspecified atom stereocenters. The quantitative estimate of drug-likeness (QED) is 0.624. The Bertz CT molecular complexity index is 1050. The summed E-state index contributed by atoms with van der Waals surface area (Å²) < 4.78 is 15.4. The molecule has 1 heterocycles. The summed E-state index contributed by atoms with van der Waals surface area (Å²) in [4.78, 5) is 12.6. The van der Waals surface area contributed by atoms with E-state index in [4.69, 9.17) is 11.6 Å². The van der Waals surface area contributed by atoms with Crippen LogP contribution in [0.2, 0.25) is 5.02 Å². The predicted molar refractivity (Wildman–Crippen MR) is 111 cm³/mol. The molecule has 2 aliphatic carbocycles. The minimum atomic E-state index is -0.251. The van der Waals surface area contributed by atoms with Crippen molar-refractivity contribution in [2.45, 2.75) is 38.3 Å². The number of aromatic nitrogens is 2. The van der Waals surface area contributed by atoms with Crippen molar-refractivity contribution in [1.29, 1.82) is 0 Å². The van der Waals surface area contributed by atoms with Crippen LogP contribution in [0.15, 0.2) is 48.7 Å². The fraction of sp³-hybridized carbons (Fsp3) is 0.391. The third-order valence-electron chi connectivity index (χ3n) is 6.67. The molecule has 0 saturated heterocycles. The summed E-state index contributed by atoms with van der Waals surface area (Å²) in [5, 5.41) is 9.43. The van der Waals surface area contributed by atoms with Gasteiger partial charge in [-0.2, -0.15) is 5.10 Å². The highest BCUT2D eigenvalue weighted by atomic mass is 35.5. The zero-order valence-corrected chi connectivity index (χ0v) is 16.9. The molecule has 0 spiro atoms. The molecule has 29 heavy (non-hydrogen) atoms. The molecule has 3 aromatic rings. The van der Waals surface area contributed by atoms with Crippen molar-refractivity contribution >= 4 is 28.4 Å². The van der Waals surface area contributed by atoms with Crippen molar-refractivity contribution in [2.24, 2.45) is 17.8 Å². The summed E-state index contributed by atoms with van der Waals surface area (Å²) in [7, 11) is 0. The lowest BCUT2D eigenvalue weighted by Gasteiger charge is -2.21. The lowest BCUT2D eigenvalue weighted by molar-refractivity contribution is 0.0926. The van der Waals surface area contributed by atoms with Crippen molar-refractivity contribution in [3.05, 3.63) is 65.1 Å². The Morgan fingerprint density at radius 3 is 2.66 bits per heavy atom. The summed E-state index contributed by atoms with van der Waals surface area (Å²) in [5.41, 5.74) is 1.36. The van der Waals surface area contributed by atoms with Crippen LogP contribution in [-0.4, -0.2) is 21.7 Å². The molecular weight excluding hydrogens is 389 g/mol. The first-order valence-electron chi connectivity index (χ1n) is 10.2. The monoisotopic (exact) mass is 411 g/mol. The highest BCUT2D eigenvalue weighted by Crippen LogP contribution is 2.62. The van der Waals surface area contributed by atoms with Gasteiger partial charge in [0.25, 0.3) is 5.91 Å². The molecule has 0 radical (unpaired) electrons. The van der Waals surface area contributed by atoms with Crippen LogP contribution in [0, 0.1) is 23.6 Å². The molecule has 150 valence electrons. The number of carbonyl (C=O) groups is 1. The lowest BCUT2D eigenvalue weighted by Crippen LogP contribution is -2.37. The van der Waals surface area contributed by atoms with E-state index in [0.717, 1.165) is 24.6 Å². The van der Waals surface area contributed by atoms with Gasteiger partial charge in [0, 0.05) is 34.3 Å². The summed E-state index contributed by atoms with van der Waals surface area (Å²) in [6, 6.07) is 12.3. The van der Waals surface area contributed by atoms with Gasteiger partial charge in [-0.3, -0.25) is 9.48 Å². The highest BCUT2D eigenvalue weighted by molar-refractivity contribution is 6.30. The first-order chi connectivity index (χ1) is 14.0. The van der Waals surface area contributed by atoms with E-state index in [0.29, 0.717) is 39.9 Å². The van der Waals surface area contributed by atoms with Crippen molar-refractivity contribution in [3.63, 3.8) is 0 Å². The second kappa shape index (κ2) is 7.13. The number of nitrogens with one attached hydrogen (secondary N) is 1. The maximum Gasteiger partial charge on any atom is 0.251 e. The summed E-state index contributed by atoms with van der Waals surface area (Å²) in [5.74, 6) is 1.50. The molecule has 1 aromatic heterocycles. The third kappa shape index (κ3) is 3.42. The fourth-order valence-electron chi connectivity index (χ4n) is 5.19. The van der Waals surface area contributed by atoms with Crippen LogP contribution < -0.4 is 5.32 Å². The van der Waals surface area contributed by atoms with E-state index in [1.54, 1.807) is 30.3 Å². The summed E-state index contributed by atoms with van der Waals surface area (Å²) >= 11 is 5.91. The minimum Gasteiger partial charge on any atom is -0.349 e. The largest absolute Gasteiger partial charge is 0.349 e. The lowest BCUT2D eigenvalue weighted by atomic mass is 9.99. The summed E-state index contributed by atoms with van der Waals surface area (Å²) in [6.45, 7) is 2.13. The summed E-state index contributed by atoms with van der Waals surface area (Å²) in [6.07, 6.45) is 5.09. The number of carbonyl (C=O) groups excluding carboxylic acids is 1. The van der Waals surface area contributed by atoms with Gasteiger partial charge in [0.15, 0.2) is 0 Å². The number of amides is 1. The van der Waals surface area contributed by atoms with Crippen LogP contribution in [0.25, 0.3) is 10.9 Å². The molecule has 0 bridgehead atoms. The fourth-order valence-corrected chi connectivity index (χ4v) is 5.32. The average Bonchev–Trinajstić information content (AvgIpc) is 3.06. The Morgan fingerprint density at radius 1 is 1.24 bits per heavy atom. The van der Waals surface area contributed by atoms with E-state index in [2.05, 4.69) is 17.3 Å². The van der Waals surface area contributed by atoms with Gasteiger partial charge in [0.1, 0.15) is 5.82 Å². The van der Waals surface area contributed by atoms with Crippen LogP contribution in [0.5, 0.6) is 0 Å². The minimum absolute atomic E-state index is 0.0320. The van der Waals surface area contributed by atoms with Crippen LogP contribution >= 0.6 is 11.6 Å². The van der Waals surface area contributed by atoms with Gasteiger partial charge in [-0.05, 0) is 73.4 Å². The number of rotatable bonds is 5. The Morgan fingerprint density at radius 2 is 1.97 bits per heavy atom. The molecule has 2 saturated carbocycles. The smallest absolute Gasteiger partial charge is 0.251 e. The predicted octanol–water partition coefficient (Wildman–Crippen LogP) is 5.23. The Balaban J connectivity index is 1.23. The van der Waals surface area contributed by atoms with Crippen molar-refractivity contribution in [2.75, 3.05) is 0 Å². The topological polar surface area (TPSA) is 46.9 Å². The molecule has 4 nitrogen and oxygen atoms in total. The second-order valence-corrected chi connectivity index (χ2v) is 8.77. The van der Waals surface area contributed by atoms with E-state index in [-0.39, 0.29) is 17.8 Å². The molecule has 1 amide bonds. The van der Waals surface area contributed by atoms with Crippen molar-refractivity contribution < 1.29 is 9.18 Å². The molecule has 6 heteroatoms. The van der Waals surface area contributed by atoms with Gasteiger partial charge in [-0.15, -0.1) is 0 Å². The first kappa shape index (κ1) is 18.6. The standard InChI is InChI=1S/C23H23ClFN3O/c1-2-20(26-23(29)13-3-6-15(24)7-4-13)22-18-10-17(11-19(18)22)28-12-14-5-8-16(25)9-21(14)27-28/h3-9,12,17-20,22H,2,10-11H2,1H3,(H,26,29). The van der Waals surface area contributed by atoms with Crippen LogP contribution in [0.1, 0.15) is 42.6 Å². The Kier molecular flexibility index (Phi) is 4.58. The number of fused-ring (bicyclic) bond motifs is 2. The van der Waals surface area contributed by atoms with E-state index < -0.39 is 0 Å². The molecule has 2 fully saturated rings. The SMILES string of the molecule is CCC(NC(=O)c1ccc(Cl)cc1)C1C2CC(n3cc4ccc(F)cc4n3)CC21. The van der Waals surface area contributed by atoms with E-state index in [9.17, 15) is 9.18 Å². The van der Waals surface area contributed by atoms with E-state index >= 15 is 0 Å². The van der Waals surface area contributed by atoms with E-state index in [1.165, 1.54) is 12.1 Å². The number of nitrogens with zero attached hydrogens (tertiary/aromatic N) is 2. The molecule has 2 aliphatic rings. The Hall–Kier alpha value is -2.40. The number of benzene rings is 2. The first-order valence-corrected chi connectivity index (χ1v) is 10.6. The van der Waals surface area contributed by atoms with Gasteiger partial charge < -0.3 is 5.32 Å². The number of halogens is 2. The normalized spacial score (nSPS) is 26.3. The molecule has 3 atom stereocenters. The van der Waals surface area contributed by atoms with Crippen LogP contribution in [0.4, 0.5) is 4.39 Å². The Labute approximate surface area is 174 Å². The molecule has 1 N–H and O–H groups in total. The molecule has 5 rings (SSSR count). The van der Waals surface area contributed by atoms with Crippen LogP contribution in [0.3, 0.4) is 0 Å². The van der Waals surface area contributed by atoms with E-state index in [1.807, 2.05) is 10.9 Å². The molecule has 0 aliphatic heterocycles. The molecule has 2 aromatic carbocycles. The maximum absolute atomic E-state index is 13.4. The van der Waals surface area contributed by atoms with Gasteiger partial charge in [0.05, 0.1) is 11.6 Å². The number of hydrogen-bond acceptors (Lipinski definition) is 2. The third-order valence-corrected chi connectivity index (χ3v) is 6.93. The van der Waals surface area contributed by atoms with Gasteiger partial charge in [-0.25, -0.2) is 4.39 Å². The van der Waals surface area contributed by atoms with Crippen molar-refractivity contribution in [1.82, 2.24) is 15.1 Å². The average molecular weight is 412 g/mol. The zero-order valence-electron chi connectivity index (χ0n) is 16.2. The van der Waals surface area contributed by atoms with Crippen LogP contribution in [-0.2, 0) is 0 Å². The second-order valence-electron chi connectivity index (χ2n) is 8.34. The highest BCUT2D eigenvalue weighted by Gasteiger charge is 2.59. The van der Waals surface area contributed by atoms with Crippen molar-refractivity contribution in [3.8, 4) is 0 Å².